The lowest BCUT2D eigenvalue weighted by Gasteiger charge is -2.02. The standard InChI is InChI=1S/C9H14O2/c1-6-4-5-8(7(6)2)9(10)11-3/h6H,4-5H2,1-3H3. The molecule has 1 rings (SSSR count). The average molecular weight is 154 g/mol. The van der Waals surface area contributed by atoms with Crippen LogP contribution < -0.4 is 0 Å². The van der Waals surface area contributed by atoms with Gasteiger partial charge in [-0.25, -0.2) is 4.79 Å². The monoisotopic (exact) mass is 154 g/mol. The van der Waals surface area contributed by atoms with E-state index >= 15 is 0 Å². The Morgan fingerprint density at radius 2 is 2.27 bits per heavy atom. The van der Waals surface area contributed by atoms with E-state index in [0.29, 0.717) is 5.92 Å². The molecule has 0 aliphatic heterocycles. The maximum absolute atomic E-state index is 11.1. The minimum Gasteiger partial charge on any atom is -0.466 e. The second-order valence-corrected chi connectivity index (χ2v) is 3.09. The Balaban J connectivity index is 2.79. The van der Waals surface area contributed by atoms with E-state index < -0.39 is 0 Å². The van der Waals surface area contributed by atoms with Crippen LogP contribution in [0.15, 0.2) is 11.1 Å². The van der Waals surface area contributed by atoms with Crippen molar-refractivity contribution in [3.63, 3.8) is 0 Å². The van der Waals surface area contributed by atoms with E-state index in [0.717, 1.165) is 18.4 Å². The summed E-state index contributed by atoms with van der Waals surface area (Å²) in [5.74, 6) is 0.413. The molecule has 0 bridgehead atoms. The van der Waals surface area contributed by atoms with Gasteiger partial charge in [-0.15, -0.1) is 0 Å². The quantitative estimate of drug-likeness (QED) is 0.539. The van der Waals surface area contributed by atoms with E-state index in [1.54, 1.807) is 0 Å². The molecule has 0 heterocycles. The molecule has 0 fully saturated rings. The van der Waals surface area contributed by atoms with Crippen LogP contribution in [0.3, 0.4) is 0 Å². The van der Waals surface area contributed by atoms with E-state index in [2.05, 4.69) is 11.7 Å². The van der Waals surface area contributed by atoms with Crippen LogP contribution in [0.2, 0.25) is 0 Å². The highest BCUT2D eigenvalue weighted by molar-refractivity contribution is 5.89. The first-order valence-electron chi connectivity index (χ1n) is 3.94. The minimum absolute atomic E-state index is 0.146. The fraction of sp³-hybridized carbons (Fsp3) is 0.667. The third kappa shape index (κ3) is 1.44. The van der Waals surface area contributed by atoms with Crippen molar-refractivity contribution in [3.05, 3.63) is 11.1 Å². The summed E-state index contributed by atoms with van der Waals surface area (Å²) in [5.41, 5.74) is 2.09. The molecule has 1 aliphatic rings. The lowest BCUT2D eigenvalue weighted by Crippen LogP contribution is -2.03. The number of ether oxygens (including phenoxy) is 1. The summed E-state index contributed by atoms with van der Waals surface area (Å²) in [5, 5.41) is 0. The van der Waals surface area contributed by atoms with Gasteiger partial charge in [0.1, 0.15) is 0 Å². The molecule has 0 aromatic rings. The Kier molecular flexibility index (Phi) is 2.32. The van der Waals surface area contributed by atoms with Crippen molar-refractivity contribution in [1.29, 1.82) is 0 Å². The van der Waals surface area contributed by atoms with E-state index in [4.69, 9.17) is 0 Å². The second-order valence-electron chi connectivity index (χ2n) is 3.09. The maximum Gasteiger partial charge on any atom is 0.333 e. The molecule has 0 amide bonds. The van der Waals surface area contributed by atoms with Crippen LogP contribution in [-0.4, -0.2) is 13.1 Å². The summed E-state index contributed by atoms with van der Waals surface area (Å²) in [4.78, 5) is 11.1. The van der Waals surface area contributed by atoms with Crippen molar-refractivity contribution in [2.24, 2.45) is 5.92 Å². The van der Waals surface area contributed by atoms with Gasteiger partial charge in [0.2, 0.25) is 0 Å². The van der Waals surface area contributed by atoms with Gasteiger partial charge in [0.05, 0.1) is 7.11 Å². The zero-order valence-electron chi connectivity index (χ0n) is 7.31. The maximum atomic E-state index is 11.1. The summed E-state index contributed by atoms with van der Waals surface area (Å²) < 4.78 is 4.66. The molecule has 0 radical (unpaired) electrons. The molecule has 1 atom stereocenters. The van der Waals surface area contributed by atoms with Crippen molar-refractivity contribution in [2.75, 3.05) is 7.11 Å². The van der Waals surface area contributed by atoms with E-state index in [1.165, 1.54) is 12.7 Å². The first kappa shape index (κ1) is 8.31. The van der Waals surface area contributed by atoms with Gasteiger partial charge in [0.25, 0.3) is 0 Å². The molecule has 0 spiro atoms. The number of hydrogen-bond acceptors (Lipinski definition) is 2. The molecule has 11 heavy (non-hydrogen) atoms. The van der Waals surface area contributed by atoms with Gasteiger partial charge in [-0.2, -0.15) is 0 Å². The molecule has 1 unspecified atom stereocenters. The van der Waals surface area contributed by atoms with Gasteiger partial charge in [-0.3, -0.25) is 0 Å². The van der Waals surface area contributed by atoms with Gasteiger partial charge in [0, 0.05) is 5.57 Å². The Bertz CT molecular complexity index is 204. The topological polar surface area (TPSA) is 26.3 Å². The van der Waals surface area contributed by atoms with Crippen LogP contribution in [0.5, 0.6) is 0 Å². The Labute approximate surface area is 67.2 Å². The first-order valence-corrected chi connectivity index (χ1v) is 3.94. The zero-order valence-corrected chi connectivity index (χ0v) is 7.31. The first-order chi connectivity index (χ1) is 5.16. The molecule has 0 saturated carbocycles. The van der Waals surface area contributed by atoms with Gasteiger partial charge in [-0.05, 0) is 25.7 Å². The largest absolute Gasteiger partial charge is 0.466 e. The average Bonchev–Trinajstić information content (AvgIpc) is 2.32. The van der Waals surface area contributed by atoms with Gasteiger partial charge in [-0.1, -0.05) is 12.5 Å². The van der Waals surface area contributed by atoms with Crippen molar-refractivity contribution in [2.45, 2.75) is 26.7 Å². The molecule has 0 aromatic heterocycles. The molecular formula is C9H14O2. The minimum atomic E-state index is -0.146. The third-order valence-corrected chi connectivity index (χ3v) is 2.47. The van der Waals surface area contributed by atoms with Crippen LogP contribution >= 0.6 is 0 Å². The van der Waals surface area contributed by atoms with Crippen molar-refractivity contribution in [1.82, 2.24) is 0 Å². The number of methoxy groups -OCH3 is 1. The van der Waals surface area contributed by atoms with E-state index in [9.17, 15) is 4.79 Å². The third-order valence-electron chi connectivity index (χ3n) is 2.47. The number of carbonyl (C=O) groups excluding carboxylic acids is 1. The van der Waals surface area contributed by atoms with E-state index in [-0.39, 0.29) is 5.97 Å². The number of esters is 1. The summed E-state index contributed by atoms with van der Waals surface area (Å²) in [6.45, 7) is 4.16. The second kappa shape index (κ2) is 3.07. The van der Waals surface area contributed by atoms with Crippen molar-refractivity contribution in [3.8, 4) is 0 Å². The van der Waals surface area contributed by atoms with Crippen LogP contribution in [0, 0.1) is 5.92 Å². The van der Waals surface area contributed by atoms with E-state index in [1.807, 2.05) is 6.92 Å². The van der Waals surface area contributed by atoms with Crippen LogP contribution in [-0.2, 0) is 9.53 Å². The number of allylic oxidation sites excluding steroid dienone is 1. The Hall–Kier alpha value is -0.790. The molecule has 2 heteroatoms. The molecule has 0 saturated heterocycles. The Morgan fingerprint density at radius 1 is 1.64 bits per heavy atom. The molecule has 2 nitrogen and oxygen atoms in total. The van der Waals surface area contributed by atoms with Gasteiger partial charge >= 0.3 is 5.97 Å². The van der Waals surface area contributed by atoms with Crippen molar-refractivity contribution >= 4 is 5.97 Å². The predicted octanol–water partition coefficient (Wildman–Crippen LogP) is 1.91. The lowest BCUT2D eigenvalue weighted by molar-refractivity contribution is -0.136. The Morgan fingerprint density at radius 3 is 2.64 bits per heavy atom. The molecule has 0 N–H and O–H groups in total. The molecule has 1 aliphatic carbocycles. The normalized spacial score (nSPS) is 24.1. The number of rotatable bonds is 1. The van der Waals surface area contributed by atoms with Crippen LogP contribution in [0.4, 0.5) is 0 Å². The molecular weight excluding hydrogens is 140 g/mol. The van der Waals surface area contributed by atoms with Gasteiger partial charge < -0.3 is 4.74 Å². The molecule has 62 valence electrons. The smallest absolute Gasteiger partial charge is 0.333 e. The van der Waals surface area contributed by atoms with Crippen LogP contribution in [0.25, 0.3) is 0 Å². The predicted molar refractivity (Wildman–Crippen MR) is 43.1 cm³/mol. The summed E-state index contributed by atoms with van der Waals surface area (Å²) in [7, 11) is 1.44. The zero-order chi connectivity index (χ0) is 8.43. The lowest BCUT2D eigenvalue weighted by atomic mass is 10.1. The highest BCUT2D eigenvalue weighted by atomic mass is 16.5. The highest BCUT2D eigenvalue weighted by Gasteiger charge is 2.23. The van der Waals surface area contributed by atoms with Crippen LogP contribution in [0.1, 0.15) is 26.7 Å². The number of carbonyl (C=O) groups is 1. The van der Waals surface area contributed by atoms with Crippen molar-refractivity contribution < 1.29 is 9.53 Å². The summed E-state index contributed by atoms with van der Waals surface area (Å²) in [6, 6.07) is 0. The molecule has 0 aromatic carbocycles. The summed E-state index contributed by atoms with van der Waals surface area (Å²) >= 11 is 0. The summed E-state index contributed by atoms with van der Waals surface area (Å²) in [6.07, 6.45) is 1.98. The highest BCUT2D eigenvalue weighted by Crippen LogP contribution is 2.31. The van der Waals surface area contributed by atoms with Gasteiger partial charge in [0.15, 0.2) is 0 Å². The number of hydrogen-bond donors (Lipinski definition) is 0. The fourth-order valence-electron chi connectivity index (χ4n) is 1.46. The fourth-order valence-corrected chi connectivity index (χ4v) is 1.46. The SMILES string of the molecule is COC(=O)C1=C(C)C(C)CC1.